The van der Waals surface area contributed by atoms with Crippen molar-refractivity contribution >= 4 is 17.9 Å². The Kier molecular flexibility index (Phi) is 50.4. The summed E-state index contributed by atoms with van der Waals surface area (Å²) in [6.45, 7) is 6.50. The Morgan fingerprint density at radius 3 is 1.05 bits per heavy atom. The standard InChI is InChI=1S/C59H100O6/c1-4-7-10-13-16-19-22-25-27-29-31-34-37-40-43-46-49-52-58(61)64-55-56(54-63-57(60)51-48-45-42-39-36-33-24-21-18-15-12-9-6-3)65-59(62)53-50-47-44-41-38-35-32-30-28-26-23-20-17-14-11-8-5-2/h16,19,25-28,31,33-34,36,40,42-43,45,56H,4-15,17-18,20-24,29-30,32,35,37-39,41,44,46-55H2,1-3H3/b19-16-,27-25-,28-26-,34-31-,36-33-,43-40-,45-42-. The van der Waals surface area contributed by atoms with E-state index < -0.39 is 6.10 Å². The molecule has 0 N–H and O–H groups in total. The van der Waals surface area contributed by atoms with Crippen molar-refractivity contribution in [3.8, 4) is 0 Å². The van der Waals surface area contributed by atoms with Crippen LogP contribution in [0.25, 0.3) is 0 Å². The highest BCUT2D eigenvalue weighted by molar-refractivity contribution is 5.71. The fourth-order valence-electron chi connectivity index (χ4n) is 7.25. The fourth-order valence-corrected chi connectivity index (χ4v) is 7.25. The zero-order valence-corrected chi connectivity index (χ0v) is 42.5. The number of ether oxygens (including phenoxy) is 3. The zero-order valence-electron chi connectivity index (χ0n) is 42.5. The summed E-state index contributed by atoms with van der Waals surface area (Å²) in [4.78, 5) is 38.0. The van der Waals surface area contributed by atoms with Gasteiger partial charge in [-0.3, -0.25) is 14.4 Å². The van der Waals surface area contributed by atoms with Gasteiger partial charge in [0.1, 0.15) is 13.2 Å². The van der Waals surface area contributed by atoms with Crippen molar-refractivity contribution in [2.75, 3.05) is 13.2 Å². The molecule has 1 atom stereocenters. The molecule has 0 aromatic rings. The second kappa shape index (κ2) is 53.2. The molecule has 0 radical (unpaired) electrons. The van der Waals surface area contributed by atoms with Crippen molar-refractivity contribution in [2.24, 2.45) is 0 Å². The topological polar surface area (TPSA) is 78.9 Å². The first-order valence-electron chi connectivity index (χ1n) is 27.1. The SMILES string of the molecule is CCCCC/C=C\C/C=C\C/C=C\C/C=C\CCCC(=O)OCC(COC(=O)CC/C=C\C/C=C\CCCCCCCC)OC(=O)CCCCCCCCC/C=C\CCCCCCCC. The molecule has 0 saturated heterocycles. The fraction of sp³-hybridized carbons (Fsp3) is 0.712. The van der Waals surface area contributed by atoms with Crippen molar-refractivity contribution in [1.82, 2.24) is 0 Å². The average molecular weight is 905 g/mol. The van der Waals surface area contributed by atoms with Gasteiger partial charge >= 0.3 is 17.9 Å². The molecule has 65 heavy (non-hydrogen) atoms. The molecule has 0 aromatic carbocycles. The summed E-state index contributed by atoms with van der Waals surface area (Å²) in [5, 5.41) is 0. The maximum Gasteiger partial charge on any atom is 0.306 e. The average Bonchev–Trinajstić information content (AvgIpc) is 3.30. The largest absolute Gasteiger partial charge is 0.462 e. The van der Waals surface area contributed by atoms with E-state index in [1.54, 1.807) is 0 Å². The van der Waals surface area contributed by atoms with Gasteiger partial charge in [0.2, 0.25) is 0 Å². The molecule has 0 amide bonds. The second-order valence-corrected chi connectivity index (χ2v) is 17.8. The van der Waals surface area contributed by atoms with Crippen LogP contribution in [0.1, 0.15) is 252 Å². The lowest BCUT2D eigenvalue weighted by molar-refractivity contribution is -0.166. The van der Waals surface area contributed by atoms with E-state index in [9.17, 15) is 14.4 Å². The third-order valence-electron chi connectivity index (χ3n) is 11.4. The molecule has 0 aromatic heterocycles. The predicted octanol–water partition coefficient (Wildman–Crippen LogP) is 18.0. The maximum absolute atomic E-state index is 12.8. The first kappa shape index (κ1) is 61.6. The number of hydrogen-bond donors (Lipinski definition) is 0. The lowest BCUT2D eigenvalue weighted by Gasteiger charge is -2.18. The molecule has 0 aliphatic heterocycles. The lowest BCUT2D eigenvalue weighted by atomic mass is 10.1. The van der Waals surface area contributed by atoms with E-state index in [-0.39, 0.29) is 44.0 Å². The summed E-state index contributed by atoms with van der Waals surface area (Å²) >= 11 is 0. The smallest absolute Gasteiger partial charge is 0.306 e. The third-order valence-corrected chi connectivity index (χ3v) is 11.4. The first-order valence-corrected chi connectivity index (χ1v) is 27.1. The minimum absolute atomic E-state index is 0.124. The van der Waals surface area contributed by atoms with E-state index in [4.69, 9.17) is 14.2 Å². The van der Waals surface area contributed by atoms with Gasteiger partial charge in [-0.1, -0.05) is 215 Å². The van der Waals surface area contributed by atoms with Crippen molar-refractivity contribution in [3.63, 3.8) is 0 Å². The zero-order chi connectivity index (χ0) is 47.2. The van der Waals surface area contributed by atoms with Crippen LogP contribution >= 0.6 is 0 Å². The molecule has 0 heterocycles. The summed E-state index contributed by atoms with van der Waals surface area (Å²) in [5.74, 6) is -1.05. The number of esters is 3. The number of hydrogen-bond acceptors (Lipinski definition) is 6. The van der Waals surface area contributed by atoms with Crippen LogP contribution in [0.2, 0.25) is 0 Å². The normalized spacial score (nSPS) is 12.7. The molecule has 0 spiro atoms. The first-order chi connectivity index (χ1) is 32.0. The van der Waals surface area contributed by atoms with Crippen LogP contribution in [0, 0.1) is 0 Å². The van der Waals surface area contributed by atoms with Crippen LogP contribution in [-0.2, 0) is 28.6 Å². The van der Waals surface area contributed by atoms with E-state index in [0.717, 1.165) is 57.8 Å². The van der Waals surface area contributed by atoms with E-state index in [0.29, 0.717) is 19.3 Å². The Balaban J connectivity index is 4.53. The lowest BCUT2D eigenvalue weighted by Crippen LogP contribution is -2.30. The number of unbranched alkanes of at least 4 members (excludes halogenated alkanes) is 23. The highest BCUT2D eigenvalue weighted by Gasteiger charge is 2.19. The third kappa shape index (κ3) is 51.4. The van der Waals surface area contributed by atoms with Gasteiger partial charge in [-0.2, -0.15) is 0 Å². The number of carbonyl (C=O) groups excluding carboxylic acids is 3. The van der Waals surface area contributed by atoms with Gasteiger partial charge in [0.15, 0.2) is 6.10 Å². The summed E-state index contributed by atoms with van der Waals surface area (Å²) in [7, 11) is 0. The summed E-state index contributed by atoms with van der Waals surface area (Å²) in [6, 6.07) is 0. The molecule has 6 nitrogen and oxygen atoms in total. The second-order valence-electron chi connectivity index (χ2n) is 17.8. The van der Waals surface area contributed by atoms with Crippen LogP contribution in [-0.4, -0.2) is 37.2 Å². The van der Waals surface area contributed by atoms with Gasteiger partial charge in [-0.05, 0) is 103 Å². The molecule has 0 aliphatic rings. The summed E-state index contributed by atoms with van der Waals surface area (Å²) < 4.78 is 16.7. The van der Waals surface area contributed by atoms with Gasteiger partial charge in [-0.25, -0.2) is 0 Å². The minimum atomic E-state index is -0.823. The Morgan fingerprint density at radius 2 is 0.600 bits per heavy atom. The highest BCUT2D eigenvalue weighted by Crippen LogP contribution is 2.13. The van der Waals surface area contributed by atoms with Crippen LogP contribution in [0.4, 0.5) is 0 Å². The predicted molar refractivity (Wildman–Crippen MR) is 279 cm³/mol. The number of carbonyl (C=O) groups is 3. The van der Waals surface area contributed by atoms with Crippen molar-refractivity contribution < 1.29 is 28.6 Å². The van der Waals surface area contributed by atoms with Gasteiger partial charge in [0, 0.05) is 19.3 Å². The van der Waals surface area contributed by atoms with Crippen LogP contribution in [0.15, 0.2) is 85.1 Å². The van der Waals surface area contributed by atoms with E-state index in [2.05, 4.69) is 99.8 Å². The number of allylic oxidation sites excluding steroid dienone is 14. The van der Waals surface area contributed by atoms with Crippen molar-refractivity contribution in [3.05, 3.63) is 85.1 Å². The van der Waals surface area contributed by atoms with Gasteiger partial charge in [-0.15, -0.1) is 0 Å². The Hall–Kier alpha value is -3.41. The summed E-state index contributed by atoms with van der Waals surface area (Å²) in [5.41, 5.74) is 0. The van der Waals surface area contributed by atoms with Crippen LogP contribution in [0.5, 0.6) is 0 Å². The van der Waals surface area contributed by atoms with E-state index >= 15 is 0 Å². The Morgan fingerprint density at radius 1 is 0.308 bits per heavy atom. The molecule has 372 valence electrons. The van der Waals surface area contributed by atoms with E-state index in [1.165, 1.54) is 141 Å². The molecular formula is C59H100O6. The molecular weight excluding hydrogens is 805 g/mol. The van der Waals surface area contributed by atoms with Crippen LogP contribution in [0.3, 0.4) is 0 Å². The maximum atomic E-state index is 12.8. The number of rotatable bonds is 48. The van der Waals surface area contributed by atoms with Gasteiger partial charge in [0.25, 0.3) is 0 Å². The Labute approximate surface area is 401 Å². The molecule has 0 rings (SSSR count). The summed E-state index contributed by atoms with van der Waals surface area (Å²) in [6.07, 6.45) is 68.7. The molecule has 0 saturated carbocycles. The molecule has 6 heteroatoms. The molecule has 0 aliphatic carbocycles. The monoisotopic (exact) mass is 905 g/mol. The van der Waals surface area contributed by atoms with E-state index in [1.807, 2.05) is 6.08 Å². The Bertz CT molecular complexity index is 1270. The van der Waals surface area contributed by atoms with Crippen molar-refractivity contribution in [2.45, 2.75) is 258 Å². The van der Waals surface area contributed by atoms with Gasteiger partial charge in [0.05, 0.1) is 0 Å². The van der Waals surface area contributed by atoms with Gasteiger partial charge < -0.3 is 14.2 Å². The molecule has 0 fully saturated rings. The minimum Gasteiger partial charge on any atom is -0.462 e. The molecule has 1 unspecified atom stereocenters. The van der Waals surface area contributed by atoms with Crippen LogP contribution < -0.4 is 0 Å². The molecule has 0 bridgehead atoms. The van der Waals surface area contributed by atoms with Crippen molar-refractivity contribution in [1.29, 1.82) is 0 Å². The quantitative estimate of drug-likeness (QED) is 0.0262. The highest BCUT2D eigenvalue weighted by atomic mass is 16.6.